The van der Waals surface area contributed by atoms with E-state index < -0.39 is 10.0 Å². The fourth-order valence-corrected chi connectivity index (χ4v) is 3.86. The Morgan fingerprint density at radius 1 is 0.950 bits per heavy atom. The predicted molar refractivity (Wildman–Crippen MR) is 75.8 cm³/mol. The van der Waals surface area contributed by atoms with E-state index in [0.29, 0.717) is 13.1 Å². The van der Waals surface area contributed by atoms with Crippen LogP contribution < -0.4 is 0 Å². The molecule has 3 rings (SSSR count). The molecule has 0 atom stereocenters. The predicted octanol–water partition coefficient (Wildman–Crippen LogP) is 2.14. The van der Waals surface area contributed by atoms with Crippen LogP contribution in [0, 0.1) is 0 Å². The highest BCUT2D eigenvalue weighted by molar-refractivity contribution is 7.89. The van der Waals surface area contributed by atoms with Gasteiger partial charge in [-0.2, -0.15) is 4.31 Å². The Hall–Kier alpha value is -1.85. The van der Waals surface area contributed by atoms with Gasteiger partial charge in [0.05, 0.1) is 4.90 Å². The van der Waals surface area contributed by atoms with Gasteiger partial charge in [-0.1, -0.05) is 24.3 Å². The van der Waals surface area contributed by atoms with Gasteiger partial charge in [-0.05, 0) is 41.8 Å². The number of fused-ring (bicyclic) bond motifs is 1. The fraction of sp³-hybridized carbons (Fsp3) is 0.200. The molecule has 0 spiro atoms. The van der Waals surface area contributed by atoms with Gasteiger partial charge in [0.15, 0.2) is 0 Å². The number of aromatic hydroxyl groups is 1. The van der Waals surface area contributed by atoms with Crippen molar-refractivity contribution in [3.63, 3.8) is 0 Å². The molecule has 1 heterocycles. The highest BCUT2D eigenvalue weighted by Gasteiger charge is 2.27. The smallest absolute Gasteiger partial charge is 0.243 e. The van der Waals surface area contributed by atoms with Crippen molar-refractivity contribution in [1.82, 2.24) is 4.31 Å². The van der Waals surface area contributed by atoms with Crippen LogP contribution in [-0.4, -0.2) is 24.4 Å². The van der Waals surface area contributed by atoms with Crippen molar-refractivity contribution in [2.75, 3.05) is 6.54 Å². The topological polar surface area (TPSA) is 57.6 Å². The van der Waals surface area contributed by atoms with E-state index in [2.05, 4.69) is 0 Å². The summed E-state index contributed by atoms with van der Waals surface area (Å²) in [6.45, 7) is 0.888. The lowest BCUT2D eigenvalue weighted by Gasteiger charge is -2.28. The lowest BCUT2D eigenvalue weighted by molar-refractivity contribution is 0.391. The van der Waals surface area contributed by atoms with Crippen LogP contribution in [0.3, 0.4) is 0 Å². The second-order valence-electron chi connectivity index (χ2n) is 4.85. The van der Waals surface area contributed by atoms with Crippen molar-refractivity contribution in [3.8, 4) is 5.75 Å². The third kappa shape index (κ3) is 2.30. The summed E-state index contributed by atoms with van der Waals surface area (Å²) in [6.07, 6.45) is 0.730. The van der Waals surface area contributed by atoms with Gasteiger partial charge in [-0.15, -0.1) is 0 Å². The van der Waals surface area contributed by atoms with Crippen LogP contribution >= 0.6 is 0 Å². The summed E-state index contributed by atoms with van der Waals surface area (Å²) in [4.78, 5) is 0.217. The molecule has 1 aliphatic heterocycles. The van der Waals surface area contributed by atoms with Crippen molar-refractivity contribution in [2.45, 2.75) is 17.9 Å². The quantitative estimate of drug-likeness (QED) is 0.921. The second kappa shape index (κ2) is 4.92. The Morgan fingerprint density at radius 3 is 2.30 bits per heavy atom. The Bertz CT molecular complexity index is 723. The minimum atomic E-state index is -3.50. The average molecular weight is 289 g/mol. The maximum atomic E-state index is 12.6. The van der Waals surface area contributed by atoms with Gasteiger partial charge in [0.1, 0.15) is 5.75 Å². The third-order valence-corrected chi connectivity index (χ3v) is 5.43. The molecule has 0 saturated heterocycles. The lowest BCUT2D eigenvalue weighted by atomic mass is 10.0. The average Bonchev–Trinajstić information content (AvgIpc) is 2.47. The van der Waals surface area contributed by atoms with E-state index in [1.54, 1.807) is 0 Å². The molecular weight excluding hydrogens is 274 g/mol. The molecule has 0 bridgehead atoms. The normalized spacial score (nSPS) is 15.8. The van der Waals surface area contributed by atoms with Crippen molar-refractivity contribution in [3.05, 3.63) is 59.7 Å². The van der Waals surface area contributed by atoms with E-state index in [0.717, 1.165) is 12.0 Å². The zero-order chi connectivity index (χ0) is 14.2. The van der Waals surface area contributed by atoms with Crippen molar-refractivity contribution >= 4 is 10.0 Å². The molecule has 0 amide bonds. The summed E-state index contributed by atoms with van der Waals surface area (Å²) >= 11 is 0. The van der Waals surface area contributed by atoms with Gasteiger partial charge in [-0.25, -0.2) is 8.42 Å². The van der Waals surface area contributed by atoms with Crippen LogP contribution in [0.2, 0.25) is 0 Å². The van der Waals surface area contributed by atoms with Crippen LogP contribution in [0.15, 0.2) is 53.4 Å². The SMILES string of the molecule is O=S(=O)(c1ccc(O)cc1)N1CCc2ccccc2C1. The summed E-state index contributed by atoms with van der Waals surface area (Å²) in [7, 11) is -3.50. The van der Waals surface area contributed by atoms with Crippen LogP contribution in [-0.2, 0) is 23.0 Å². The number of hydrogen-bond acceptors (Lipinski definition) is 3. The molecule has 0 fully saturated rings. The maximum absolute atomic E-state index is 12.6. The van der Waals surface area contributed by atoms with Crippen LogP contribution in [0.25, 0.3) is 0 Å². The molecule has 5 heteroatoms. The van der Waals surface area contributed by atoms with Crippen LogP contribution in [0.4, 0.5) is 0 Å². The fourth-order valence-electron chi connectivity index (χ4n) is 2.44. The minimum Gasteiger partial charge on any atom is -0.508 e. The summed E-state index contributed by atoms with van der Waals surface area (Å²) < 4.78 is 26.6. The van der Waals surface area contributed by atoms with Gasteiger partial charge in [0, 0.05) is 13.1 Å². The first-order valence-electron chi connectivity index (χ1n) is 6.43. The largest absolute Gasteiger partial charge is 0.508 e. The van der Waals surface area contributed by atoms with Gasteiger partial charge >= 0.3 is 0 Å². The molecule has 1 N–H and O–H groups in total. The number of rotatable bonds is 2. The molecule has 4 nitrogen and oxygen atoms in total. The minimum absolute atomic E-state index is 0.0629. The van der Waals surface area contributed by atoms with Gasteiger partial charge in [-0.3, -0.25) is 0 Å². The van der Waals surface area contributed by atoms with Crippen LogP contribution in [0.1, 0.15) is 11.1 Å². The van der Waals surface area contributed by atoms with Crippen LogP contribution in [0.5, 0.6) is 5.75 Å². The van der Waals surface area contributed by atoms with E-state index in [9.17, 15) is 13.5 Å². The molecule has 2 aromatic carbocycles. The van der Waals surface area contributed by atoms with E-state index in [-0.39, 0.29) is 10.6 Å². The Labute approximate surface area is 118 Å². The molecule has 0 aromatic heterocycles. The molecule has 0 unspecified atom stereocenters. The molecule has 1 aliphatic rings. The molecule has 20 heavy (non-hydrogen) atoms. The molecular formula is C15H15NO3S. The molecule has 104 valence electrons. The number of phenolic OH excluding ortho intramolecular Hbond substituents is 1. The highest BCUT2D eigenvalue weighted by atomic mass is 32.2. The number of sulfonamides is 1. The van der Waals surface area contributed by atoms with Crippen molar-refractivity contribution < 1.29 is 13.5 Å². The van der Waals surface area contributed by atoms with E-state index in [4.69, 9.17) is 0 Å². The van der Waals surface area contributed by atoms with E-state index in [1.807, 2.05) is 24.3 Å². The second-order valence-corrected chi connectivity index (χ2v) is 6.79. The van der Waals surface area contributed by atoms with Gasteiger partial charge in [0.25, 0.3) is 0 Å². The monoisotopic (exact) mass is 289 g/mol. The lowest BCUT2D eigenvalue weighted by Crippen LogP contribution is -2.35. The Morgan fingerprint density at radius 2 is 1.60 bits per heavy atom. The summed E-state index contributed by atoms with van der Waals surface area (Å²) in [6, 6.07) is 13.6. The first-order valence-corrected chi connectivity index (χ1v) is 7.87. The highest BCUT2D eigenvalue weighted by Crippen LogP contribution is 2.25. The molecule has 2 aromatic rings. The molecule has 0 radical (unpaired) electrons. The molecule has 0 saturated carbocycles. The number of hydrogen-bond donors (Lipinski definition) is 1. The summed E-state index contributed by atoms with van der Waals surface area (Å²) in [5, 5.41) is 9.25. The first kappa shape index (κ1) is 13.1. The third-order valence-electron chi connectivity index (χ3n) is 3.57. The number of phenols is 1. The zero-order valence-electron chi connectivity index (χ0n) is 10.9. The summed E-state index contributed by atoms with van der Waals surface area (Å²) in [5.74, 6) is 0.0629. The first-order chi connectivity index (χ1) is 9.57. The maximum Gasteiger partial charge on any atom is 0.243 e. The zero-order valence-corrected chi connectivity index (χ0v) is 11.7. The van der Waals surface area contributed by atoms with Crippen molar-refractivity contribution in [2.24, 2.45) is 0 Å². The van der Waals surface area contributed by atoms with Gasteiger partial charge in [0.2, 0.25) is 10.0 Å². The molecule has 0 aliphatic carbocycles. The summed E-state index contributed by atoms with van der Waals surface area (Å²) in [5.41, 5.74) is 2.27. The van der Waals surface area contributed by atoms with E-state index in [1.165, 1.54) is 34.1 Å². The number of benzene rings is 2. The number of nitrogens with zero attached hydrogens (tertiary/aromatic N) is 1. The van der Waals surface area contributed by atoms with Crippen molar-refractivity contribution in [1.29, 1.82) is 0 Å². The Balaban J connectivity index is 1.92. The van der Waals surface area contributed by atoms with Gasteiger partial charge < -0.3 is 5.11 Å². The Kier molecular flexibility index (Phi) is 3.23. The van der Waals surface area contributed by atoms with E-state index >= 15 is 0 Å². The standard InChI is InChI=1S/C15H15NO3S/c17-14-5-7-15(8-6-14)20(18,19)16-10-9-12-3-1-2-4-13(12)11-16/h1-8,17H,9-11H2.